The zero-order chi connectivity index (χ0) is 12.7. The highest BCUT2D eigenvalue weighted by Gasteiger charge is 2.24. The number of hydrogen-bond acceptors (Lipinski definition) is 3. The monoisotopic (exact) mass is 234 g/mol. The highest BCUT2D eigenvalue weighted by molar-refractivity contribution is 5.98. The number of esters is 1. The molecule has 0 fully saturated rings. The van der Waals surface area contributed by atoms with Gasteiger partial charge in [-0.2, -0.15) is 0 Å². The van der Waals surface area contributed by atoms with E-state index in [4.69, 9.17) is 4.74 Å². The van der Waals surface area contributed by atoms with Gasteiger partial charge in [0.1, 0.15) is 18.3 Å². The molecule has 1 aromatic carbocycles. The Labute approximate surface area is 102 Å². The maximum Gasteiger partial charge on any atom is 0.316 e. The predicted octanol–water partition coefficient (Wildman–Crippen LogP) is 2.74. The van der Waals surface area contributed by atoms with Crippen LogP contribution >= 0.6 is 0 Å². The van der Waals surface area contributed by atoms with Crippen molar-refractivity contribution in [2.45, 2.75) is 33.3 Å². The molecule has 0 aliphatic heterocycles. The van der Waals surface area contributed by atoms with Crippen molar-refractivity contribution in [2.75, 3.05) is 0 Å². The lowest BCUT2D eigenvalue weighted by atomic mass is 10.00. The van der Waals surface area contributed by atoms with Crippen molar-refractivity contribution in [3.8, 4) is 0 Å². The van der Waals surface area contributed by atoms with Crippen LogP contribution < -0.4 is 0 Å². The van der Waals surface area contributed by atoms with Crippen LogP contribution in [0.25, 0.3) is 0 Å². The van der Waals surface area contributed by atoms with Crippen LogP contribution in [0.2, 0.25) is 0 Å². The van der Waals surface area contributed by atoms with E-state index in [0.29, 0.717) is 12.8 Å². The van der Waals surface area contributed by atoms with Crippen molar-refractivity contribution in [3.63, 3.8) is 0 Å². The molecular formula is C14H18O3. The van der Waals surface area contributed by atoms with Gasteiger partial charge in [0.2, 0.25) is 0 Å². The summed E-state index contributed by atoms with van der Waals surface area (Å²) in [5.41, 5.74) is 0.930. The minimum atomic E-state index is -0.608. The van der Waals surface area contributed by atoms with Gasteiger partial charge < -0.3 is 4.74 Å². The van der Waals surface area contributed by atoms with Crippen molar-refractivity contribution in [1.82, 2.24) is 0 Å². The van der Waals surface area contributed by atoms with Crippen LogP contribution in [0, 0.1) is 5.92 Å². The summed E-state index contributed by atoms with van der Waals surface area (Å²) in [7, 11) is 0. The second kappa shape index (κ2) is 6.84. The van der Waals surface area contributed by atoms with E-state index in [9.17, 15) is 9.59 Å². The number of hydrogen-bond donors (Lipinski definition) is 0. The summed E-state index contributed by atoms with van der Waals surface area (Å²) in [5.74, 6) is -1.07. The molecule has 0 spiro atoms. The molecule has 0 aliphatic rings. The van der Waals surface area contributed by atoms with Gasteiger partial charge in [-0.05, 0) is 12.0 Å². The molecule has 0 radical (unpaired) electrons. The minimum Gasteiger partial charge on any atom is -0.460 e. The second-order valence-corrected chi connectivity index (χ2v) is 3.87. The topological polar surface area (TPSA) is 43.4 Å². The lowest BCUT2D eigenvalue weighted by Gasteiger charge is -2.12. The van der Waals surface area contributed by atoms with Crippen LogP contribution in [-0.2, 0) is 20.9 Å². The Morgan fingerprint density at radius 3 is 2.35 bits per heavy atom. The molecule has 0 saturated carbocycles. The third-order valence-electron chi connectivity index (χ3n) is 2.65. The fourth-order valence-corrected chi connectivity index (χ4v) is 1.60. The molecule has 0 heterocycles. The fraction of sp³-hybridized carbons (Fsp3) is 0.429. The molecule has 92 valence electrons. The molecule has 0 unspecified atom stereocenters. The molecule has 17 heavy (non-hydrogen) atoms. The fourth-order valence-electron chi connectivity index (χ4n) is 1.60. The van der Waals surface area contributed by atoms with E-state index in [2.05, 4.69) is 0 Å². The molecule has 0 aliphatic carbocycles. The SMILES string of the molecule is CCC(=O)[C@@H](CC)C(=O)OCc1ccccc1. The first-order valence-electron chi connectivity index (χ1n) is 5.92. The van der Waals surface area contributed by atoms with E-state index in [0.717, 1.165) is 5.56 Å². The van der Waals surface area contributed by atoms with Crippen LogP contribution in [-0.4, -0.2) is 11.8 Å². The largest absolute Gasteiger partial charge is 0.460 e. The molecule has 0 amide bonds. The molecule has 1 atom stereocenters. The summed E-state index contributed by atoms with van der Waals surface area (Å²) in [6, 6.07) is 9.45. The Bertz CT molecular complexity index is 370. The lowest BCUT2D eigenvalue weighted by molar-refractivity contribution is -0.153. The maximum absolute atomic E-state index is 11.7. The molecular weight excluding hydrogens is 216 g/mol. The first kappa shape index (κ1) is 13.4. The molecule has 0 N–H and O–H groups in total. The first-order chi connectivity index (χ1) is 8.19. The summed E-state index contributed by atoms with van der Waals surface area (Å²) >= 11 is 0. The van der Waals surface area contributed by atoms with E-state index in [1.54, 1.807) is 6.92 Å². The van der Waals surface area contributed by atoms with Gasteiger partial charge >= 0.3 is 5.97 Å². The van der Waals surface area contributed by atoms with E-state index >= 15 is 0 Å². The van der Waals surface area contributed by atoms with Gasteiger partial charge in [0, 0.05) is 6.42 Å². The van der Waals surface area contributed by atoms with Crippen LogP contribution in [0.4, 0.5) is 0 Å². The van der Waals surface area contributed by atoms with Gasteiger partial charge in [-0.25, -0.2) is 0 Å². The van der Waals surface area contributed by atoms with Crippen LogP contribution in [0.5, 0.6) is 0 Å². The smallest absolute Gasteiger partial charge is 0.316 e. The summed E-state index contributed by atoms with van der Waals surface area (Å²) in [5, 5.41) is 0. The molecule has 0 aromatic heterocycles. The van der Waals surface area contributed by atoms with E-state index < -0.39 is 11.9 Å². The van der Waals surface area contributed by atoms with Crippen molar-refractivity contribution >= 4 is 11.8 Å². The number of ether oxygens (including phenoxy) is 1. The molecule has 0 saturated heterocycles. The molecule has 3 heteroatoms. The zero-order valence-electron chi connectivity index (χ0n) is 10.3. The average molecular weight is 234 g/mol. The van der Waals surface area contributed by atoms with Gasteiger partial charge in [-0.1, -0.05) is 44.2 Å². The van der Waals surface area contributed by atoms with Gasteiger partial charge in [0.25, 0.3) is 0 Å². The Kier molecular flexibility index (Phi) is 5.40. The van der Waals surface area contributed by atoms with Crippen LogP contribution in [0.3, 0.4) is 0 Å². The van der Waals surface area contributed by atoms with E-state index in [1.807, 2.05) is 37.3 Å². The Balaban J connectivity index is 2.51. The standard InChI is InChI=1S/C14H18O3/c1-3-12(13(15)4-2)14(16)17-10-11-8-6-5-7-9-11/h5-9,12H,3-4,10H2,1-2H3/t12-/m1/s1. The van der Waals surface area contributed by atoms with Crippen molar-refractivity contribution < 1.29 is 14.3 Å². The van der Waals surface area contributed by atoms with Crippen molar-refractivity contribution in [3.05, 3.63) is 35.9 Å². The normalized spacial score (nSPS) is 11.9. The number of benzene rings is 1. The number of ketones is 1. The van der Waals surface area contributed by atoms with Crippen molar-refractivity contribution in [1.29, 1.82) is 0 Å². The number of carbonyl (C=O) groups excluding carboxylic acids is 2. The van der Waals surface area contributed by atoms with E-state index in [-0.39, 0.29) is 12.4 Å². The second-order valence-electron chi connectivity index (χ2n) is 3.87. The van der Waals surface area contributed by atoms with Crippen LogP contribution in [0.1, 0.15) is 32.3 Å². The average Bonchev–Trinajstić information content (AvgIpc) is 2.38. The zero-order valence-corrected chi connectivity index (χ0v) is 10.3. The third kappa shape index (κ3) is 4.02. The number of Topliss-reactive ketones (excluding diaryl/α,β-unsaturated/α-hetero) is 1. The highest BCUT2D eigenvalue weighted by Crippen LogP contribution is 2.11. The Morgan fingerprint density at radius 1 is 1.18 bits per heavy atom. The molecule has 1 aromatic rings. The van der Waals surface area contributed by atoms with Crippen LogP contribution in [0.15, 0.2) is 30.3 Å². The molecule has 3 nitrogen and oxygen atoms in total. The quantitative estimate of drug-likeness (QED) is 0.561. The molecule has 0 bridgehead atoms. The van der Waals surface area contributed by atoms with E-state index in [1.165, 1.54) is 0 Å². The number of rotatable bonds is 6. The minimum absolute atomic E-state index is 0.0504. The number of carbonyl (C=O) groups is 2. The first-order valence-corrected chi connectivity index (χ1v) is 5.92. The van der Waals surface area contributed by atoms with Crippen molar-refractivity contribution in [2.24, 2.45) is 5.92 Å². The third-order valence-corrected chi connectivity index (χ3v) is 2.65. The predicted molar refractivity (Wildman–Crippen MR) is 65.3 cm³/mol. The Morgan fingerprint density at radius 2 is 1.82 bits per heavy atom. The summed E-state index contributed by atoms with van der Waals surface area (Å²) < 4.78 is 5.14. The maximum atomic E-state index is 11.7. The van der Waals surface area contributed by atoms with Gasteiger partial charge in [0.15, 0.2) is 0 Å². The lowest BCUT2D eigenvalue weighted by Crippen LogP contribution is -2.24. The Hall–Kier alpha value is -1.64. The highest BCUT2D eigenvalue weighted by atomic mass is 16.5. The molecule has 1 rings (SSSR count). The summed E-state index contributed by atoms with van der Waals surface area (Å²) in [4.78, 5) is 23.2. The van der Waals surface area contributed by atoms with Gasteiger partial charge in [0.05, 0.1) is 0 Å². The summed E-state index contributed by atoms with van der Waals surface area (Å²) in [6.45, 7) is 3.81. The van der Waals surface area contributed by atoms with Gasteiger partial charge in [-0.3, -0.25) is 9.59 Å². The van der Waals surface area contributed by atoms with Gasteiger partial charge in [-0.15, -0.1) is 0 Å². The summed E-state index contributed by atoms with van der Waals surface area (Å²) in [6.07, 6.45) is 0.874.